The second-order valence-electron chi connectivity index (χ2n) is 16.1. The minimum Gasteiger partial charge on any atom is -0.309 e. The Balaban J connectivity index is 1.07. The molecule has 8 aromatic carbocycles. The lowest BCUT2D eigenvalue weighted by Gasteiger charge is -2.35. The van der Waals surface area contributed by atoms with Crippen LogP contribution in [-0.2, 0) is 11.8 Å². The van der Waals surface area contributed by atoms with E-state index in [-0.39, 0.29) is 5.41 Å². The van der Waals surface area contributed by atoms with Gasteiger partial charge < -0.3 is 4.57 Å². The fourth-order valence-electron chi connectivity index (χ4n) is 9.94. The summed E-state index contributed by atoms with van der Waals surface area (Å²) < 4.78 is 4.66. The van der Waals surface area contributed by atoms with Crippen molar-refractivity contribution in [2.75, 3.05) is 0 Å². The topological polar surface area (TPSA) is 35.6 Å². The highest BCUT2D eigenvalue weighted by Crippen LogP contribution is 2.50. The Hall–Kier alpha value is -7.04. The van der Waals surface area contributed by atoms with Gasteiger partial charge in [-0.15, -0.1) is 0 Å². The summed E-state index contributed by atoms with van der Waals surface area (Å²) in [6.45, 7) is 6.89. The molecule has 0 amide bonds. The Bertz CT molecular complexity index is 3470. The molecule has 270 valence electrons. The van der Waals surface area contributed by atoms with Gasteiger partial charge in [-0.2, -0.15) is 0 Å². The second-order valence-corrected chi connectivity index (χ2v) is 16.1. The van der Waals surface area contributed by atoms with E-state index in [1.54, 1.807) is 0 Å². The summed E-state index contributed by atoms with van der Waals surface area (Å²) in [6.07, 6.45) is 1.03. The predicted octanol–water partition coefficient (Wildman–Crippen LogP) is 13.5. The van der Waals surface area contributed by atoms with Gasteiger partial charge in [0.2, 0.25) is 5.95 Å². The minimum atomic E-state index is -0.213. The number of benzene rings is 8. The maximum Gasteiger partial charge on any atom is 0.235 e. The number of para-hydroxylation sites is 2. The number of hydrogen-bond donors (Lipinski definition) is 0. The first kappa shape index (κ1) is 32.2. The van der Waals surface area contributed by atoms with Crippen molar-refractivity contribution in [3.05, 3.63) is 180 Å². The van der Waals surface area contributed by atoms with Crippen LogP contribution >= 0.6 is 0 Å². The van der Waals surface area contributed by atoms with E-state index < -0.39 is 0 Å². The van der Waals surface area contributed by atoms with Crippen molar-refractivity contribution >= 4 is 65.3 Å². The van der Waals surface area contributed by atoms with Crippen molar-refractivity contribution < 1.29 is 0 Å². The molecule has 0 N–H and O–H groups in total. The Labute approximate surface area is 330 Å². The number of hydrogen-bond acceptors (Lipinski definition) is 2. The number of rotatable bonds is 4. The number of nitrogens with zero attached hydrogens (tertiary/aromatic N) is 4. The van der Waals surface area contributed by atoms with E-state index in [2.05, 4.69) is 194 Å². The summed E-state index contributed by atoms with van der Waals surface area (Å²) in [7, 11) is 0. The summed E-state index contributed by atoms with van der Waals surface area (Å²) in [4.78, 5) is 11.0. The van der Waals surface area contributed by atoms with E-state index in [0.29, 0.717) is 5.95 Å². The average molecular weight is 731 g/mol. The van der Waals surface area contributed by atoms with Crippen LogP contribution in [0.3, 0.4) is 0 Å². The molecule has 4 nitrogen and oxygen atoms in total. The fraction of sp³-hybridized carbons (Fsp3) is 0.0943. The molecule has 0 unspecified atom stereocenters. The standard InChI is InChI=1S/C53H38N4/c1-4-32-21-25-36(26-22-32)56-45-19-11-8-15-38(45)41-29-33(23-27-47(41)56)34-24-28-48-42(30-34)39-16-9-12-20-46(39)57(48)52-54-44-31-35-13-5-6-14-37(35)50-49(44)51(55-52)40-17-7-10-18-43(40)53(50,2)3/h5-31H,4H2,1-3H3. The van der Waals surface area contributed by atoms with Crippen LogP contribution in [0.4, 0.5) is 0 Å². The molecule has 0 aliphatic heterocycles. The zero-order valence-corrected chi connectivity index (χ0v) is 32.1. The van der Waals surface area contributed by atoms with Crippen molar-refractivity contribution in [3.63, 3.8) is 0 Å². The molecule has 11 aromatic rings. The van der Waals surface area contributed by atoms with Gasteiger partial charge in [-0.1, -0.05) is 130 Å². The number of fused-ring (bicyclic) bond motifs is 10. The lowest BCUT2D eigenvalue weighted by atomic mass is 9.68. The third kappa shape index (κ3) is 4.50. The SMILES string of the molecule is CCc1ccc(-n2c3ccccc3c3cc(-c4ccc5c(c4)c4ccccc4n5-c4nc5c6c(c7ccccc7cc6n4)C(C)(C)c4ccccc4-5)ccc32)cc1. The van der Waals surface area contributed by atoms with Crippen LogP contribution in [0, 0.1) is 0 Å². The van der Waals surface area contributed by atoms with E-state index >= 15 is 0 Å². The van der Waals surface area contributed by atoms with E-state index in [9.17, 15) is 0 Å². The molecule has 0 atom stereocenters. The van der Waals surface area contributed by atoms with Crippen molar-refractivity contribution in [2.45, 2.75) is 32.6 Å². The van der Waals surface area contributed by atoms with E-state index in [1.807, 2.05) is 0 Å². The van der Waals surface area contributed by atoms with Crippen LogP contribution in [0.15, 0.2) is 164 Å². The highest BCUT2D eigenvalue weighted by molar-refractivity contribution is 6.14. The molecular weight excluding hydrogens is 693 g/mol. The molecule has 0 radical (unpaired) electrons. The van der Waals surface area contributed by atoms with Crippen molar-refractivity contribution in [1.29, 1.82) is 0 Å². The summed E-state index contributed by atoms with van der Waals surface area (Å²) in [5, 5.41) is 8.48. The molecule has 4 heteroatoms. The van der Waals surface area contributed by atoms with Gasteiger partial charge in [0.25, 0.3) is 0 Å². The Morgan fingerprint density at radius 1 is 0.509 bits per heavy atom. The Kier molecular flexibility index (Phi) is 6.64. The largest absolute Gasteiger partial charge is 0.309 e. The highest BCUT2D eigenvalue weighted by atomic mass is 15.2. The molecular formula is C53H38N4. The monoisotopic (exact) mass is 730 g/mol. The zero-order valence-electron chi connectivity index (χ0n) is 32.1. The first-order valence-electron chi connectivity index (χ1n) is 20.0. The van der Waals surface area contributed by atoms with Crippen molar-refractivity contribution in [3.8, 4) is 34.0 Å². The van der Waals surface area contributed by atoms with E-state index in [1.165, 1.54) is 82.4 Å². The molecule has 0 fully saturated rings. The van der Waals surface area contributed by atoms with Gasteiger partial charge in [-0.05, 0) is 99.6 Å². The predicted molar refractivity (Wildman–Crippen MR) is 238 cm³/mol. The lowest BCUT2D eigenvalue weighted by Crippen LogP contribution is -2.25. The first-order valence-corrected chi connectivity index (χ1v) is 20.0. The lowest BCUT2D eigenvalue weighted by molar-refractivity contribution is 0.649. The summed E-state index contributed by atoms with van der Waals surface area (Å²) >= 11 is 0. The smallest absolute Gasteiger partial charge is 0.235 e. The van der Waals surface area contributed by atoms with Crippen LogP contribution < -0.4 is 0 Å². The summed E-state index contributed by atoms with van der Waals surface area (Å²) in [6, 6.07) is 60.0. The summed E-state index contributed by atoms with van der Waals surface area (Å²) in [5.41, 5.74) is 15.0. The molecule has 0 bridgehead atoms. The van der Waals surface area contributed by atoms with Gasteiger partial charge in [0, 0.05) is 43.6 Å². The molecule has 0 saturated heterocycles. The maximum atomic E-state index is 5.52. The van der Waals surface area contributed by atoms with Crippen LogP contribution in [0.1, 0.15) is 37.5 Å². The van der Waals surface area contributed by atoms with Gasteiger partial charge >= 0.3 is 0 Å². The molecule has 1 aliphatic rings. The molecule has 3 aromatic heterocycles. The van der Waals surface area contributed by atoms with Crippen LogP contribution in [0.5, 0.6) is 0 Å². The first-order chi connectivity index (χ1) is 28.0. The van der Waals surface area contributed by atoms with Crippen LogP contribution in [0.2, 0.25) is 0 Å². The quantitative estimate of drug-likeness (QED) is 0.169. The van der Waals surface area contributed by atoms with Crippen molar-refractivity contribution in [2.24, 2.45) is 0 Å². The van der Waals surface area contributed by atoms with Gasteiger partial charge in [0.1, 0.15) is 0 Å². The van der Waals surface area contributed by atoms with Gasteiger partial charge in [0.15, 0.2) is 0 Å². The molecule has 3 heterocycles. The number of aromatic nitrogens is 4. The third-order valence-electron chi connectivity index (χ3n) is 12.7. The van der Waals surface area contributed by atoms with Crippen LogP contribution in [0.25, 0.3) is 99.3 Å². The van der Waals surface area contributed by atoms with Crippen molar-refractivity contribution in [1.82, 2.24) is 19.1 Å². The third-order valence-corrected chi connectivity index (χ3v) is 12.7. The normalized spacial score (nSPS) is 13.4. The zero-order chi connectivity index (χ0) is 38.0. The highest BCUT2D eigenvalue weighted by Gasteiger charge is 2.36. The average Bonchev–Trinajstić information content (AvgIpc) is 3.77. The Morgan fingerprint density at radius 3 is 1.79 bits per heavy atom. The minimum absolute atomic E-state index is 0.213. The maximum absolute atomic E-state index is 5.52. The fourth-order valence-corrected chi connectivity index (χ4v) is 9.94. The van der Waals surface area contributed by atoms with Gasteiger partial charge in [-0.25, -0.2) is 9.97 Å². The molecule has 1 aliphatic carbocycles. The molecule has 57 heavy (non-hydrogen) atoms. The van der Waals surface area contributed by atoms with Gasteiger partial charge in [0.05, 0.1) is 33.3 Å². The van der Waals surface area contributed by atoms with Gasteiger partial charge in [-0.3, -0.25) is 4.57 Å². The Morgan fingerprint density at radius 2 is 1.09 bits per heavy atom. The molecule has 0 spiro atoms. The molecule has 0 saturated carbocycles. The van der Waals surface area contributed by atoms with E-state index in [0.717, 1.165) is 34.1 Å². The van der Waals surface area contributed by atoms with Crippen LogP contribution in [-0.4, -0.2) is 19.1 Å². The number of aryl methyl sites for hydroxylation is 1. The summed E-state index contributed by atoms with van der Waals surface area (Å²) in [5.74, 6) is 0.688. The second kappa shape index (κ2) is 11.7. The molecule has 12 rings (SSSR count). The van der Waals surface area contributed by atoms with E-state index in [4.69, 9.17) is 9.97 Å².